The minimum atomic E-state index is -0.953. The van der Waals surface area contributed by atoms with Gasteiger partial charge in [0.15, 0.2) is 0 Å². The number of aliphatic carboxylic acids is 1. The predicted octanol–water partition coefficient (Wildman–Crippen LogP) is 2.69. The second-order valence-corrected chi connectivity index (χ2v) is 5.78. The molecule has 0 fully saturated rings. The van der Waals surface area contributed by atoms with Gasteiger partial charge in [-0.3, -0.25) is 9.59 Å². The molecule has 6 heteroatoms. The topological polar surface area (TPSA) is 71.3 Å². The average molecular weight is 318 g/mol. The highest BCUT2D eigenvalue weighted by atomic mass is 32.2. The maximum atomic E-state index is 12.3. The van der Waals surface area contributed by atoms with Crippen molar-refractivity contribution in [3.8, 4) is 0 Å². The van der Waals surface area contributed by atoms with Gasteiger partial charge in [-0.05, 0) is 36.1 Å². The van der Waals surface area contributed by atoms with Crippen molar-refractivity contribution in [3.05, 3.63) is 53.9 Å². The molecule has 1 heterocycles. The molecule has 0 bridgehead atoms. The number of nitrogens with one attached hydrogen (secondary N) is 1. The lowest BCUT2D eigenvalue weighted by Crippen LogP contribution is -2.31. The number of nitrogens with zero attached hydrogens (tertiary/aromatic N) is 1. The molecule has 5 nitrogen and oxygen atoms in total. The second kappa shape index (κ2) is 7.17. The van der Waals surface area contributed by atoms with Crippen LogP contribution in [0.25, 0.3) is 0 Å². The van der Waals surface area contributed by atoms with E-state index in [0.717, 1.165) is 10.5 Å². The summed E-state index contributed by atoms with van der Waals surface area (Å²) in [4.78, 5) is 24.5. The maximum absolute atomic E-state index is 12.3. The lowest BCUT2D eigenvalue weighted by molar-refractivity contribution is -0.137. The zero-order valence-corrected chi connectivity index (χ0v) is 13.3. The number of carboxylic acids is 1. The first-order valence-corrected chi connectivity index (χ1v) is 8.01. The number of thioether (sulfide) groups is 1. The molecule has 1 unspecified atom stereocenters. The number of aryl methyl sites for hydroxylation is 1. The Morgan fingerprint density at radius 3 is 2.45 bits per heavy atom. The molecule has 0 saturated heterocycles. The highest BCUT2D eigenvalue weighted by Crippen LogP contribution is 2.22. The van der Waals surface area contributed by atoms with Crippen molar-refractivity contribution in [2.75, 3.05) is 6.26 Å². The summed E-state index contributed by atoms with van der Waals surface area (Å²) >= 11 is 1.61. The monoisotopic (exact) mass is 318 g/mol. The molecule has 1 amide bonds. The fourth-order valence-electron chi connectivity index (χ4n) is 2.19. The summed E-state index contributed by atoms with van der Waals surface area (Å²) in [5.74, 6) is -1.24. The predicted molar refractivity (Wildman–Crippen MR) is 86.1 cm³/mol. The van der Waals surface area contributed by atoms with Gasteiger partial charge in [0.2, 0.25) is 0 Å². The summed E-state index contributed by atoms with van der Waals surface area (Å²) in [6, 6.07) is 10.5. The van der Waals surface area contributed by atoms with E-state index >= 15 is 0 Å². The van der Waals surface area contributed by atoms with Crippen LogP contribution in [0.1, 0.15) is 28.5 Å². The fraction of sp³-hybridized carbons (Fsp3) is 0.250. The van der Waals surface area contributed by atoms with Crippen LogP contribution in [0.3, 0.4) is 0 Å². The van der Waals surface area contributed by atoms with E-state index in [1.807, 2.05) is 30.5 Å². The van der Waals surface area contributed by atoms with E-state index in [0.29, 0.717) is 5.69 Å². The van der Waals surface area contributed by atoms with E-state index in [1.54, 1.807) is 41.7 Å². The van der Waals surface area contributed by atoms with Crippen molar-refractivity contribution in [2.24, 2.45) is 7.05 Å². The number of carbonyl (C=O) groups is 2. The van der Waals surface area contributed by atoms with Crippen LogP contribution in [-0.2, 0) is 11.8 Å². The van der Waals surface area contributed by atoms with Crippen LogP contribution < -0.4 is 5.32 Å². The molecule has 22 heavy (non-hydrogen) atoms. The first kappa shape index (κ1) is 16.2. The van der Waals surface area contributed by atoms with Gasteiger partial charge >= 0.3 is 5.97 Å². The van der Waals surface area contributed by atoms with Crippen molar-refractivity contribution >= 4 is 23.6 Å². The number of benzene rings is 1. The Labute approximate surface area is 133 Å². The number of hydrogen-bond acceptors (Lipinski definition) is 3. The molecule has 0 saturated carbocycles. The summed E-state index contributed by atoms with van der Waals surface area (Å²) in [5.41, 5.74) is 1.28. The Morgan fingerprint density at radius 2 is 1.95 bits per heavy atom. The van der Waals surface area contributed by atoms with Gasteiger partial charge in [0.1, 0.15) is 5.69 Å². The molecule has 2 rings (SSSR count). The number of carbonyl (C=O) groups excluding carboxylic acids is 1. The molecule has 0 radical (unpaired) electrons. The van der Waals surface area contributed by atoms with Crippen molar-refractivity contribution in [1.29, 1.82) is 0 Å². The maximum Gasteiger partial charge on any atom is 0.305 e. The molecule has 1 aromatic heterocycles. The van der Waals surface area contributed by atoms with Crippen molar-refractivity contribution in [3.63, 3.8) is 0 Å². The molecular weight excluding hydrogens is 300 g/mol. The van der Waals surface area contributed by atoms with E-state index in [-0.39, 0.29) is 12.3 Å². The van der Waals surface area contributed by atoms with Gasteiger partial charge in [-0.15, -0.1) is 11.8 Å². The molecular formula is C16H18N2O3S. The normalized spacial score (nSPS) is 11.9. The van der Waals surface area contributed by atoms with Gasteiger partial charge in [0.25, 0.3) is 5.91 Å². The molecule has 1 atom stereocenters. The van der Waals surface area contributed by atoms with E-state index in [9.17, 15) is 9.59 Å². The molecule has 2 aromatic rings. The third-order valence-corrected chi connectivity index (χ3v) is 4.12. The highest BCUT2D eigenvalue weighted by molar-refractivity contribution is 7.98. The van der Waals surface area contributed by atoms with Gasteiger partial charge in [-0.1, -0.05) is 12.1 Å². The Balaban J connectivity index is 2.20. The Hall–Kier alpha value is -2.21. The average Bonchev–Trinajstić information content (AvgIpc) is 2.92. The lowest BCUT2D eigenvalue weighted by atomic mass is 10.0. The Morgan fingerprint density at radius 1 is 1.27 bits per heavy atom. The molecule has 0 aliphatic carbocycles. The molecule has 2 N–H and O–H groups in total. The van der Waals surface area contributed by atoms with Gasteiger partial charge in [-0.25, -0.2) is 0 Å². The van der Waals surface area contributed by atoms with E-state index < -0.39 is 12.0 Å². The highest BCUT2D eigenvalue weighted by Gasteiger charge is 2.20. The number of rotatable bonds is 6. The first-order valence-electron chi connectivity index (χ1n) is 6.79. The lowest BCUT2D eigenvalue weighted by Gasteiger charge is -2.18. The van der Waals surface area contributed by atoms with E-state index in [4.69, 9.17) is 5.11 Å². The first-order chi connectivity index (χ1) is 10.5. The summed E-state index contributed by atoms with van der Waals surface area (Å²) < 4.78 is 1.70. The fourth-order valence-corrected chi connectivity index (χ4v) is 2.60. The largest absolute Gasteiger partial charge is 0.481 e. The zero-order chi connectivity index (χ0) is 16.1. The summed E-state index contributed by atoms with van der Waals surface area (Å²) in [5, 5.41) is 11.9. The molecule has 0 aliphatic heterocycles. The summed E-state index contributed by atoms with van der Waals surface area (Å²) in [7, 11) is 1.77. The molecule has 0 aliphatic rings. The minimum Gasteiger partial charge on any atom is -0.481 e. The third kappa shape index (κ3) is 3.92. The zero-order valence-electron chi connectivity index (χ0n) is 12.4. The molecule has 1 aromatic carbocycles. The minimum absolute atomic E-state index is 0.158. The van der Waals surface area contributed by atoms with Crippen LogP contribution >= 0.6 is 11.8 Å². The quantitative estimate of drug-likeness (QED) is 0.803. The third-order valence-electron chi connectivity index (χ3n) is 3.38. The number of hydrogen-bond donors (Lipinski definition) is 2. The number of amides is 1. The van der Waals surface area contributed by atoms with Crippen LogP contribution in [0.15, 0.2) is 47.5 Å². The van der Waals surface area contributed by atoms with Gasteiger partial charge in [-0.2, -0.15) is 0 Å². The molecule has 0 spiro atoms. The van der Waals surface area contributed by atoms with Gasteiger partial charge in [0.05, 0.1) is 12.5 Å². The van der Waals surface area contributed by atoms with Crippen molar-refractivity contribution in [1.82, 2.24) is 9.88 Å². The van der Waals surface area contributed by atoms with E-state index in [2.05, 4.69) is 5.32 Å². The summed E-state index contributed by atoms with van der Waals surface area (Å²) in [6.45, 7) is 0. The van der Waals surface area contributed by atoms with Gasteiger partial charge in [0, 0.05) is 18.1 Å². The van der Waals surface area contributed by atoms with Crippen LogP contribution in [0.5, 0.6) is 0 Å². The van der Waals surface area contributed by atoms with Crippen molar-refractivity contribution < 1.29 is 14.7 Å². The van der Waals surface area contributed by atoms with Crippen LogP contribution in [0, 0.1) is 0 Å². The smallest absolute Gasteiger partial charge is 0.305 e. The SMILES string of the molecule is CSc1ccc(C(CC(=O)O)NC(=O)c2cccn2C)cc1. The van der Waals surface area contributed by atoms with Crippen LogP contribution in [0.4, 0.5) is 0 Å². The Kier molecular flexibility index (Phi) is 5.27. The summed E-state index contributed by atoms with van der Waals surface area (Å²) in [6.07, 6.45) is 3.59. The second-order valence-electron chi connectivity index (χ2n) is 4.90. The van der Waals surface area contributed by atoms with Crippen LogP contribution in [-0.4, -0.2) is 27.8 Å². The van der Waals surface area contributed by atoms with Crippen molar-refractivity contribution in [2.45, 2.75) is 17.4 Å². The standard InChI is InChI=1S/C16H18N2O3S/c1-18-9-3-4-14(18)16(21)17-13(10-15(19)20)11-5-7-12(22-2)8-6-11/h3-9,13H,10H2,1-2H3,(H,17,21)(H,19,20). The Bertz CT molecular complexity index is 664. The van der Waals surface area contributed by atoms with Crippen LogP contribution in [0.2, 0.25) is 0 Å². The molecule has 116 valence electrons. The van der Waals surface area contributed by atoms with Gasteiger partial charge < -0.3 is 15.0 Å². The number of aromatic nitrogens is 1. The van der Waals surface area contributed by atoms with E-state index in [1.165, 1.54) is 0 Å². The number of carboxylic acid groups (broad SMARTS) is 1.